The lowest BCUT2D eigenvalue weighted by atomic mass is 10.1. The molecule has 0 atom stereocenters. The van der Waals surface area contributed by atoms with Crippen LogP contribution in [0.15, 0.2) is 90.1 Å². The summed E-state index contributed by atoms with van der Waals surface area (Å²) in [4.78, 5) is 15.1. The van der Waals surface area contributed by atoms with Gasteiger partial charge in [-0.25, -0.2) is 4.39 Å². The molecule has 0 aliphatic rings. The SMILES string of the molecule is Cn1c(SCC(=O)N(CCc2ccccc2)Cc2ccccc2)nnc1-c1ccc(F)cc1. The molecule has 0 saturated carbocycles. The molecular weight excluding hydrogens is 435 g/mol. The molecule has 3 aromatic carbocycles. The first-order valence-electron chi connectivity index (χ1n) is 10.7. The summed E-state index contributed by atoms with van der Waals surface area (Å²) in [6.45, 7) is 1.20. The maximum atomic E-state index is 13.2. The van der Waals surface area contributed by atoms with Gasteiger partial charge < -0.3 is 9.47 Å². The van der Waals surface area contributed by atoms with E-state index >= 15 is 0 Å². The second-order valence-electron chi connectivity index (χ2n) is 7.70. The van der Waals surface area contributed by atoms with Crippen molar-refractivity contribution in [1.82, 2.24) is 19.7 Å². The first kappa shape index (κ1) is 22.7. The number of carbonyl (C=O) groups is 1. The smallest absolute Gasteiger partial charge is 0.233 e. The summed E-state index contributed by atoms with van der Waals surface area (Å²) in [5.41, 5.74) is 3.08. The molecule has 1 amide bonds. The van der Waals surface area contributed by atoms with Crippen molar-refractivity contribution in [1.29, 1.82) is 0 Å². The number of benzene rings is 3. The van der Waals surface area contributed by atoms with Gasteiger partial charge in [0.25, 0.3) is 0 Å². The predicted octanol–water partition coefficient (Wildman–Crippen LogP) is 4.98. The average Bonchev–Trinajstić information content (AvgIpc) is 3.22. The summed E-state index contributed by atoms with van der Waals surface area (Å²) < 4.78 is 15.1. The van der Waals surface area contributed by atoms with Crippen LogP contribution < -0.4 is 0 Å². The molecular formula is C26H25FN4OS. The second-order valence-corrected chi connectivity index (χ2v) is 8.64. The molecule has 0 bridgehead atoms. The van der Waals surface area contributed by atoms with Crippen molar-refractivity contribution < 1.29 is 9.18 Å². The van der Waals surface area contributed by atoms with E-state index in [1.54, 1.807) is 12.1 Å². The van der Waals surface area contributed by atoms with E-state index in [4.69, 9.17) is 0 Å². The lowest BCUT2D eigenvalue weighted by molar-refractivity contribution is -0.128. The molecule has 0 aliphatic carbocycles. The van der Waals surface area contributed by atoms with Crippen LogP contribution in [0.1, 0.15) is 11.1 Å². The Balaban J connectivity index is 1.43. The molecule has 0 N–H and O–H groups in total. The third-order valence-corrected chi connectivity index (χ3v) is 6.35. The lowest BCUT2D eigenvalue weighted by Crippen LogP contribution is -2.34. The van der Waals surface area contributed by atoms with Gasteiger partial charge in [-0.1, -0.05) is 72.4 Å². The summed E-state index contributed by atoms with van der Waals surface area (Å²) in [6, 6.07) is 26.3. The van der Waals surface area contributed by atoms with E-state index in [1.165, 1.54) is 29.5 Å². The quantitative estimate of drug-likeness (QED) is 0.331. The summed E-state index contributed by atoms with van der Waals surface area (Å²) in [6.07, 6.45) is 0.794. The number of rotatable bonds is 9. The van der Waals surface area contributed by atoms with E-state index in [0.717, 1.165) is 17.5 Å². The first-order chi connectivity index (χ1) is 16.1. The number of thioether (sulfide) groups is 1. The van der Waals surface area contributed by atoms with E-state index in [-0.39, 0.29) is 17.5 Å². The minimum Gasteiger partial charge on any atom is -0.337 e. The Labute approximate surface area is 197 Å². The van der Waals surface area contributed by atoms with Crippen LogP contribution in [-0.2, 0) is 24.8 Å². The Bertz CT molecular complexity index is 1180. The molecule has 0 radical (unpaired) electrons. The molecule has 0 saturated heterocycles. The largest absolute Gasteiger partial charge is 0.337 e. The van der Waals surface area contributed by atoms with Crippen molar-refractivity contribution in [2.24, 2.45) is 7.05 Å². The standard InChI is InChI=1S/C26H25FN4OS/c1-30-25(22-12-14-23(27)15-13-22)28-29-26(30)33-19-24(32)31(18-21-10-6-3-7-11-21)17-16-20-8-4-2-5-9-20/h2-15H,16-19H2,1H3. The Hall–Kier alpha value is -3.45. The molecule has 33 heavy (non-hydrogen) atoms. The van der Waals surface area contributed by atoms with Gasteiger partial charge in [0, 0.05) is 25.7 Å². The van der Waals surface area contributed by atoms with Crippen LogP contribution in [0, 0.1) is 5.82 Å². The van der Waals surface area contributed by atoms with Gasteiger partial charge in [0.15, 0.2) is 11.0 Å². The highest BCUT2D eigenvalue weighted by Crippen LogP contribution is 2.23. The molecule has 1 heterocycles. The molecule has 1 aromatic heterocycles. The molecule has 0 spiro atoms. The van der Waals surface area contributed by atoms with Gasteiger partial charge >= 0.3 is 0 Å². The predicted molar refractivity (Wildman–Crippen MR) is 129 cm³/mol. The number of hydrogen-bond donors (Lipinski definition) is 0. The minimum atomic E-state index is -0.296. The minimum absolute atomic E-state index is 0.0473. The van der Waals surface area contributed by atoms with Gasteiger partial charge in [-0.15, -0.1) is 10.2 Å². The summed E-state index contributed by atoms with van der Waals surface area (Å²) in [5, 5.41) is 9.11. The Morgan fingerprint density at radius 1 is 0.909 bits per heavy atom. The van der Waals surface area contributed by atoms with Crippen LogP contribution >= 0.6 is 11.8 Å². The van der Waals surface area contributed by atoms with E-state index < -0.39 is 0 Å². The molecule has 7 heteroatoms. The van der Waals surface area contributed by atoms with Gasteiger partial charge in [0.1, 0.15) is 5.82 Å². The topological polar surface area (TPSA) is 51.0 Å². The van der Waals surface area contributed by atoms with Gasteiger partial charge in [-0.2, -0.15) is 0 Å². The third kappa shape index (κ3) is 6.08. The molecule has 4 aromatic rings. The number of aromatic nitrogens is 3. The number of amides is 1. The highest BCUT2D eigenvalue weighted by Gasteiger charge is 2.17. The highest BCUT2D eigenvalue weighted by molar-refractivity contribution is 7.99. The van der Waals surface area contributed by atoms with Gasteiger partial charge in [-0.3, -0.25) is 4.79 Å². The summed E-state index contributed by atoms with van der Waals surface area (Å²) in [5.74, 6) is 0.646. The van der Waals surface area contributed by atoms with Crippen molar-refractivity contribution in [3.8, 4) is 11.4 Å². The van der Waals surface area contributed by atoms with Crippen molar-refractivity contribution in [3.63, 3.8) is 0 Å². The lowest BCUT2D eigenvalue weighted by Gasteiger charge is -2.23. The molecule has 4 rings (SSSR count). The second kappa shape index (κ2) is 10.9. The van der Waals surface area contributed by atoms with Crippen LogP contribution in [0.3, 0.4) is 0 Å². The van der Waals surface area contributed by atoms with Gasteiger partial charge in [-0.05, 0) is 41.8 Å². The monoisotopic (exact) mass is 460 g/mol. The van der Waals surface area contributed by atoms with E-state index in [1.807, 2.05) is 65.0 Å². The molecule has 0 fully saturated rings. The first-order valence-corrected chi connectivity index (χ1v) is 11.7. The van der Waals surface area contributed by atoms with Crippen molar-refractivity contribution in [2.75, 3.05) is 12.3 Å². The Morgan fingerprint density at radius 3 is 2.21 bits per heavy atom. The zero-order valence-corrected chi connectivity index (χ0v) is 19.2. The zero-order valence-electron chi connectivity index (χ0n) is 18.4. The fourth-order valence-corrected chi connectivity index (χ4v) is 4.33. The Morgan fingerprint density at radius 2 is 1.55 bits per heavy atom. The summed E-state index contributed by atoms with van der Waals surface area (Å²) in [7, 11) is 1.85. The van der Waals surface area contributed by atoms with Crippen LogP contribution in [0.5, 0.6) is 0 Å². The van der Waals surface area contributed by atoms with Crippen LogP contribution in [0.25, 0.3) is 11.4 Å². The molecule has 168 valence electrons. The van der Waals surface area contributed by atoms with Crippen molar-refractivity contribution in [2.45, 2.75) is 18.1 Å². The summed E-state index contributed by atoms with van der Waals surface area (Å²) >= 11 is 1.36. The van der Waals surface area contributed by atoms with Gasteiger partial charge in [0.05, 0.1) is 5.75 Å². The number of hydrogen-bond acceptors (Lipinski definition) is 4. The molecule has 5 nitrogen and oxygen atoms in total. The fraction of sp³-hybridized carbons (Fsp3) is 0.192. The molecule has 0 unspecified atom stereocenters. The fourth-order valence-electron chi connectivity index (χ4n) is 3.51. The van der Waals surface area contributed by atoms with E-state index in [0.29, 0.717) is 24.1 Å². The average molecular weight is 461 g/mol. The van der Waals surface area contributed by atoms with Crippen LogP contribution in [0.2, 0.25) is 0 Å². The number of halogens is 1. The van der Waals surface area contributed by atoms with Crippen LogP contribution in [0.4, 0.5) is 4.39 Å². The maximum absolute atomic E-state index is 13.2. The van der Waals surface area contributed by atoms with Crippen molar-refractivity contribution in [3.05, 3.63) is 102 Å². The number of carbonyl (C=O) groups excluding carboxylic acids is 1. The third-order valence-electron chi connectivity index (χ3n) is 5.34. The van der Waals surface area contributed by atoms with E-state index in [9.17, 15) is 9.18 Å². The highest BCUT2D eigenvalue weighted by atomic mass is 32.2. The van der Waals surface area contributed by atoms with Crippen molar-refractivity contribution >= 4 is 17.7 Å². The normalized spacial score (nSPS) is 10.8. The Kier molecular flexibility index (Phi) is 7.52. The maximum Gasteiger partial charge on any atom is 0.233 e. The number of nitrogens with zero attached hydrogens (tertiary/aromatic N) is 4. The van der Waals surface area contributed by atoms with Gasteiger partial charge in [0.2, 0.25) is 5.91 Å². The van der Waals surface area contributed by atoms with Crippen LogP contribution in [-0.4, -0.2) is 37.9 Å². The molecule has 0 aliphatic heterocycles. The zero-order chi connectivity index (χ0) is 23.0. The van der Waals surface area contributed by atoms with E-state index in [2.05, 4.69) is 22.3 Å².